The summed E-state index contributed by atoms with van der Waals surface area (Å²) in [5.74, 6) is -1.21. The number of carbonyl (C=O) groups excluding carboxylic acids is 1. The van der Waals surface area contributed by atoms with E-state index in [2.05, 4.69) is 4.74 Å². The zero-order valence-corrected chi connectivity index (χ0v) is 8.54. The average molecular weight is 221 g/mol. The Hall–Kier alpha value is -2.09. The monoisotopic (exact) mass is 221 g/mol. The summed E-state index contributed by atoms with van der Waals surface area (Å²) in [7, 11) is 1.22. The Labute approximate surface area is 91.2 Å². The first-order chi connectivity index (χ1) is 7.69. The first-order valence-corrected chi connectivity index (χ1v) is 4.65. The quantitative estimate of drug-likeness (QED) is 0.673. The zero-order valence-electron chi connectivity index (χ0n) is 8.54. The molecule has 0 aliphatic carbocycles. The van der Waals surface area contributed by atoms with E-state index in [1.54, 1.807) is 6.07 Å². The van der Waals surface area contributed by atoms with Crippen LogP contribution in [-0.4, -0.2) is 19.7 Å². The van der Waals surface area contributed by atoms with Crippen molar-refractivity contribution in [3.8, 4) is 11.8 Å². The van der Waals surface area contributed by atoms with E-state index < -0.39 is 11.8 Å². The molecule has 0 saturated heterocycles. The van der Waals surface area contributed by atoms with Crippen LogP contribution in [0.4, 0.5) is 4.39 Å². The molecule has 0 radical (unpaired) electrons. The fourth-order valence-electron chi connectivity index (χ4n) is 1.73. The lowest BCUT2D eigenvalue weighted by Crippen LogP contribution is -2.06. The maximum atomic E-state index is 13.5. The lowest BCUT2D eigenvalue weighted by atomic mass is 10.0. The number of hydrogen-bond acceptors (Lipinski definition) is 4. The molecule has 5 heteroatoms. The molecule has 0 fully saturated rings. The molecule has 16 heavy (non-hydrogen) atoms. The predicted molar refractivity (Wildman–Crippen MR) is 51.7 cm³/mol. The maximum Gasteiger partial charge on any atom is 0.338 e. The number of nitriles is 1. The molecule has 0 amide bonds. The summed E-state index contributed by atoms with van der Waals surface area (Å²) in [6.45, 7) is 0.345. The van der Waals surface area contributed by atoms with Crippen molar-refractivity contribution in [3.05, 3.63) is 28.6 Å². The van der Waals surface area contributed by atoms with E-state index in [-0.39, 0.29) is 16.9 Å². The summed E-state index contributed by atoms with van der Waals surface area (Å²) < 4.78 is 23.2. The number of rotatable bonds is 1. The van der Waals surface area contributed by atoms with E-state index >= 15 is 0 Å². The van der Waals surface area contributed by atoms with Crippen LogP contribution >= 0.6 is 0 Å². The molecule has 0 aromatic heterocycles. The normalized spacial score (nSPS) is 12.6. The fourth-order valence-corrected chi connectivity index (χ4v) is 1.73. The molecule has 1 aromatic carbocycles. The highest BCUT2D eigenvalue weighted by Crippen LogP contribution is 2.34. The minimum Gasteiger partial charge on any atom is -0.491 e. The Balaban J connectivity index is 2.67. The Bertz CT molecular complexity index is 505. The summed E-state index contributed by atoms with van der Waals surface area (Å²) in [6, 6.07) is 2.75. The van der Waals surface area contributed by atoms with Crippen molar-refractivity contribution in [2.75, 3.05) is 13.7 Å². The molecule has 0 spiro atoms. The van der Waals surface area contributed by atoms with Gasteiger partial charge in [0, 0.05) is 12.0 Å². The molecule has 2 rings (SSSR count). The van der Waals surface area contributed by atoms with Gasteiger partial charge in [-0.3, -0.25) is 0 Å². The third kappa shape index (κ3) is 1.39. The highest BCUT2D eigenvalue weighted by molar-refractivity contribution is 5.92. The second kappa shape index (κ2) is 3.81. The molecule has 0 bridgehead atoms. The van der Waals surface area contributed by atoms with Gasteiger partial charge in [0.2, 0.25) is 0 Å². The van der Waals surface area contributed by atoms with Gasteiger partial charge in [0.1, 0.15) is 23.2 Å². The highest BCUT2D eigenvalue weighted by Gasteiger charge is 2.27. The molecule has 82 valence electrons. The van der Waals surface area contributed by atoms with Crippen molar-refractivity contribution in [1.29, 1.82) is 5.26 Å². The van der Waals surface area contributed by atoms with Gasteiger partial charge in [0.15, 0.2) is 0 Å². The minimum atomic E-state index is -0.761. The summed E-state index contributed by atoms with van der Waals surface area (Å²) in [5.41, 5.74) is 0.524. The Morgan fingerprint density at radius 1 is 1.69 bits per heavy atom. The Kier molecular flexibility index (Phi) is 2.49. The molecule has 0 unspecified atom stereocenters. The highest BCUT2D eigenvalue weighted by atomic mass is 19.1. The molecule has 1 aliphatic heterocycles. The summed E-state index contributed by atoms with van der Waals surface area (Å²) in [5, 5.41) is 8.78. The topological polar surface area (TPSA) is 59.3 Å². The van der Waals surface area contributed by atoms with Crippen LogP contribution in [0.2, 0.25) is 0 Å². The smallest absolute Gasteiger partial charge is 0.338 e. The summed E-state index contributed by atoms with van der Waals surface area (Å²) in [6.07, 6.45) is 0.481. The number of carbonyl (C=O) groups is 1. The van der Waals surface area contributed by atoms with Crippen LogP contribution in [0, 0.1) is 17.1 Å². The number of methoxy groups -OCH3 is 1. The maximum absolute atomic E-state index is 13.5. The Morgan fingerprint density at radius 3 is 3.06 bits per heavy atom. The van der Waals surface area contributed by atoms with Gasteiger partial charge in [0.05, 0.1) is 19.3 Å². The molecule has 1 heterocycles. The van der Waals surface area contributed by atoms with Gasteiger partial charge in [-0.05, 0) is 6.07 Å². The summed E-state index contributed by atoms with van der Waals surface area (Å²) >= 11 is 0. The lowest BCUT2D eigenvalue weighted by Gasteiger charge is -2.07. The van der Waals surface area contributed by atoms with Crippen LogP contribution in [-0.2, 0) is 11.2 Å². The van der Waals surface area contributed by atoms with Crippen molar-refractivity contribution < 1.29 is 18.7 Å². The van der Waals surface area contributed by atoms with E-state index in [0.717, 1.165) is 6.07 Å². The standard InChI is InChI=1S/C11H8FNO3/c1-15-11(14)7-4-9(12)8(5-13)10-6(7)2-3-16-10/h4H,2-3H2,1H3. The number of fused-ring (bicyclic) bond motifs is 1. The molecule has 4 nitrogen and oxygen atoms in total. The van der Waals surface area contributed by atoms with Gasteiger partial charge in [-0.15, -0.1) is 0 Å². The first-order valence-electron chi connectivity index (χ1n) is 4.65. The van der Waals surface area contributed by atoms with Crippen LogP contribution in [0.25, 0.3) is 0 Å². The zero-order chi connectivity index (χ0) is 11.7. The van der Waals surface area contributed by atoms with Crippen LogP contribution in [0.3, 0.4) is 0 Å². The van der Waals surface area contributed by atoms with Crippen LogP contribution in [0.5, 0.6) is 5.75 Å². The van der Waals surface area contributed by atoms with Gasteiger partial charge >= 0.3 is 5.97 Å². The number of hydrogen-bond donors (Lipinski definition) is 0. The van der Waals surface area contributed by atoms with Crippen LogP contribution in [0.1, 0.15) is 21.5 Å². The lowest BCUT2D eigenvalue weighted by molar-refractivity contribution is 0.0599. The SMILES string of the molecule is COC(=O)c1cc(F)c(C#N)c2c1CCO2. The van der Waals surface area contributed by atoms with E-state index in [0.29, 0.717) is 18.6 Å². The predicted octanol–water partition coefficient (Wildman–Crippen LogP) is 1.42. The fraction of sp³-hybridized carbons (Fsp3) is 0.273. The van der Waals surface area contributed by atoms with Gasteiger partial charge in [-0.25, -0.2) is 9.18 Å². The number of ether oxygens (including phenoxy) is 2. The molecular weight excluding hydrogens is 213 g/mol. The van der Waals surface area contributed by atoms with E-state index in [1.807, 2.05) is 0 Å². The van der Waals surface area contributed by atoms with E-state index in [4.69, 9.17) is 10.00 Å². The van der Waals surface area contributed by atoms with Crippen molar-refractivity contribution in [2.45, 2.75) is 6.42 Å². The molecular formula is C11H8FNO3. The number of benzene rings is 1. The largest absolute Gasteiger partial charge is 0.491 e. The Morgan fingerprint density at radius 2 is 2.44 bits per heavy atom. The van der Waals surface area contributed by atoms with Gasteiger partial charge in [-0.1, -0.05) is 0 Å². The van der Waals surface area contributed by atoms with Gasteiger partial charge in [-0.2, -0.15) is 5.26 Å². The molecule has 0 atom stereocenters. The third-order valence-electron chi connectivity index (χ3n) is 2.45. The van der Waals surface area contributed by atoms with Crippen LogP contribution < -0.4 is 4.74 Å². The second-order valence-corrected chi connectivity index (χ2v) is 3.29. The van der Waals surface area contributed by atoms with Gasteiger partial charge in [0.25, 0.3) is 0 Å². The number of nitrogens with zero attached hydrogens (tertiary/aromatic N) is 1. The molecule has 0 N–H and O–H groups in total. The average Bonchev–Trinajstić information content (AvgIpc) is 2.75. The van der Waals surface area contributed by atoms with Crippen molar-refractivity contribution in [3.63, 3.8) is 0 Å². The minimum absolute atomic E-state index is 0.131. The second-order valence-electron chi connectivity index (χ2n) is 3.29. The van der Waals surface area contributed by atoms with Crippen molar-refractivity contribution in [2.24, 2.45) is 0 Å². The van der Waals surface area contributed by atoms with Crippen molar-refractivity contribution in [1.82, 2.24) is 0 Å². The third-order valence-corrected chi connectivity index (χ3v) is 2.45. The van der Waals surface area contributed by atoms with Crippen LogP contribution in [0.15, 0.2) is 6.07 Å². The number of esters is 1. The molecule has 1 aromatic rings. The molecule has 1 aliphatic rings. The number of halogens is 1. The van der Waals surface area contributed by atoms with E-state index in [9.17, 15) is 9.18 Å². The van der Waals surface area contributed by atoms with E-state index in [1.165, 1.54) is 7.11 Å². The van der Waals surface area contributed by atoms with Crippen molar-refractivity contribution >= 4 is 5.97 Å². The van der Waals surface area contributed by atoms with Gasteiger partial charge < -0.3 is 9.47 Å². The summed E-state index contributed by atoms with van der Waals surface area (Å²) in [4.78, 5) is 11.4. The first kappa shape index (κ1) is 10.4. The molecule has 0 saturated carbocycles.